The molecule has 0 aromatic heterocycles. The molecule has 0 amide bonds. The lowest BCUT2D eigenvalue weighted by atomic mass is 10.1. The first-order chi connectivity index (χ1) is 8.74. The maximum atomic E-state index is 12.2. The van der Waals surface area contributed by atoms with Crippen LogP contribution in [0.4, 0.5) is 0 Å². The highest BCUT2D eigenvalue weighted by atomic mass is 16.1. The number of carbonyl (C=O) groups is 1. The van der Waals surface area contributed by atoms with E-state index in [-0.39, 0.29) is 5.78 Å². The summed E-state index contributed by atoms with van der Waals surface area (Å²) in [5, 5.41) is 0. The van der Waals surface area contributed by atoms with E-state index in [9.17, 15) is 4.79 Å². The Morgan fingerprint density at radius 3 is 2.44 bits per heavy atom. The topological polar surface area (TPSA) is 17.1 Å². The monoisotopic (exact) mass is 234 g/mol. The first-order valence-electron chi connectivity index (χ1n) is 6.14. The third-order valence-electron chi connectivity index (χ3n) is 3.35. The Morgan fingerprint density at radius 2 is 1.72 bits per heavy atom. The van der Waals surface area contributed by atoms with Gasteiger partial charge in [-0.25, -0.2) is 0 Å². The smallest absolute Gasteiger partial charge is 0.189 e. The van der Waals surface area contributed by atoms with Gasteiger partial charge < -0.3 is 0 Å². The number of carbonyl (C=O) groups excluding carboxylic acids is 1. The molecule has 1 heteroatoms. The number of allylic oxidation sites excluding steroid dienone is 1. The van der Waals surface area contributed by atoms with E-state index in [2.05, 4.69) is 31.2 Å². The van der Waals surface area contributed by atoms with Crippen LogP contribution in [-0.2, 0) is 6.42 Å². The Bertz CT molecular complexity index is 633. The number of rotatable bonds is 1. The zero-order valence-corrected chi connectivity index (χ0v) is 10.3. The fourth-order valence-electron chi connectivity index (χ4n) is 2.33. The predicted molar refractivity (Wildman–Crippen MR) is 73.6 cm³/mol. The average Bonchev–Trinajstić information content (AvgIpc) is 2.70. The number of Topliss-reactive ketones (excluding diaryl/α,β-unsaturated/α-hetero) is 1. The third-order valence-corrected chi connectivity index (χ3v) is 3.35. The quantitative estimate of drug-likeness (QED) is 0.685. The van der Waals surface area contributed by atoms with Gasteiger partial charge in [0.25, 0.3) is 0 Å². The number of ketones is 1. The summed E-state index contributed by atoms with van der Waals surface area (Å²) in [5.41, 5.74) is 5.21. The second-order valence-electron chi connectivity index (χ2n) is 4.74. The molecule has 88 valence electrons. The molecule has 2 aromatic rings. The lowest BCUT2D eigenvalue weighted by molar-refractivity contribution is 0.104. The lowest BCUT2D eigenvalue weighted by Gasteiger charge is -1.97. The van der Waals surface area contributed by atoms with E-state index in [4.69, 9.17) is 0 Å². The molecule has 18 heavy (non-hydrogen) atoms. The Kier molecular flexibility index (Phi) is 2.60. The zero-order valence-electron chi connectivity index (χ0n) is 10.3. The predicted octanol–water partition coefficient (Wildman–Crippen LogP) is 3.82. The molecule has 0 radical (unpaired) electrons. The summed E-state index contributed by atoms with van der Waals surface area (Å²) in [7, 11) is 0. The van der Waals surface area contributed by atoms with E-state index >= 15 is 0 Å². The van der Waals surface area contributed by atoms with E-state index in [1.165, 1.54) is 5.56 Å². The van der Waals surface area contributed by atoms with Crippen LogP contribution in [0.2, 0.25) is 0 Å². The van der Waals surface area contributed by atoms with Gasteiger partial charge in [0.1, 0.15) is 0 Å². The number of aryl methyl sites for hydroxylation is 1. The van der Waals surface area contributed by atoms with Gasteiger partial charge in [0.05, 0.1) is 0 Å². The maximum absolute atomic E-state index is 12.2. The second-order valence-corrected chi connectivity index (χ2v) is 4.74. The molecule has 0 aliphatic heterocycles. The second kappa shape index (κ2) is 4.26. The standard InChI is InChI=1S/C17H14O/c1-12-6-8-13(9-7-12)10-15-11-14-4-2-3-5-16(14)17(15)18/h2-10H,11H2,1H3/b15-10+. The van der Waals surface area contributed by atoms with Gasteiger partial charge in [-0.3, -0.25) is 4.79 Å². The Labute approximate surface area is 107 Å². The van der Waals surface area contributed by atoms with E-state index in [1.807, 2.05) is 30.3 Å². The Morgan fingerprint density at radius 1 is 1.00 bits per heavy atom. The van der Waals surface area contributed by atoms with Crippen LogP contribution in [-0.4, -0.2) is 5.78 Å². The van der Waals surface area contributed by atoms with Gasteiger partial charge in [0.15, 0.2) is 5.78 Å². The van der Waals surface area contributed by atoms with Crippen molar-refractivity contribution >= 4 is 11.9 Å². The van der Waals surface area contributed by atoms with Crippen molar-refractivity contribution in [1.29, 1.82) is 0 Å². The minimum Gasteiger partial charge on any atom is -0.289 e. The summed E-state index contributed by atoms with van der Waals surface area (Å²) in [6, 6.07) is 16.1. The van der Waals surface area contributed by atoms with Crippen LogP contribution in [0.15, 0.2) is 54.1 Å². The summed E-state index contributed by atoms with van der Waals surface area (Å²) in [6.07, 6.45) is 2.75. The molecule has 0 spiro atoms. The molecule has 1 aliphatic carbocycles. The van der Waals surface area contributed by atoms with Crippen LogP contribution in [0.25, 0.3) is 6.08 Å². The number of fused-ring (bicyclic) bond motifs is 1. The van der Waals surface area contributed by atoms with E-state index in [0.29, 0.717) is 0 Å². The van der Waals surface area contributed by atoms with Gasteiger partial charge in [0.2, 0.25) is 0 Å². The lowest BCUT2D eigenvalue weighted by Crippen LogP contribution is -1.94. The van der Waals surface area contributed by atoms with Crippen LogP contribution >= 0.6 is 0 Å². The summed E-state index contributed by atoms with van der Waals surface area (Å²) < 4.78 is 0. The molecule has 0 unspecified atom stereocenters. The molecule has 1 aliphatic rings. The minimum absolute atomic E-state index is 0.172. The molecule has 0 N–H and O–H groups in total. The molecule has 0 heterocycles. The first kappa shape index (κ1) is 11.0. The average molecular weight is 234 g/mol. The zero-order chi connectivity index (χ0) is 12.5. The summed E-state index contributed by atoms with van der Waals surface area (Å²) in [6.45, 7) is 2.06. The van der Waals surface area contributed by atoms with E-state index in [0.717, 1.165) is 28.7 Å². The normalized spacial score (nSPS) is 16.1. The first-order valence-corrected chi connectivity index (χ1v) is 6.14. The summed E-state index contributed by atoms with van der Waals surface area (Å²) in [5.74, 6) is 0.172. The third kappa shape index (κ3) is 1.88. The van der Waals surface area contributed by atoms with Crippen LogP contribution in [0, 0.1) is 6.92 Å². The maximum Gasteiger partial charge on any atom is 0.189 e. The minimum atomic E-state index is 0.172. The highest BCUT2D eigenvalue weighted by Gasteiger charge is 2.23. The van der Waals surface area contributed by atoms with Gasteiger partial charge in [-0.05, 0) is 24.1 Å². The van der Waals surface area contributed by atoms with Crippen LogP contribution in [0.1, 0.15) is 27.0 Å². The van der Waals surface area contributed by atoms with Crippen molar-refractivity contribution in [2.24, 2.45) is 0 Å². The highest BCUT2D eigenvalue weighted by molar-refractivity contribution is 6.15. The number of hydrogen-bond acceptors (Lipinski definition) is 1. The molecule has 0 bridgehead atoms. The SMILES string of the molecule is Cc1ccc(/C=C2\Cc3ccccc3C2=O)cc1. The number of hydrogen-bond donors (Lipinski definition) is 0. The molecular formula is C17H14O. The molecule has 0 saturated heterocycles. The molecule has 0 fully saturated rings. The fourth-order valence-corrected chi connectivity index (χ4v) is 2.33. The van der Waals surface area contributed by atoms with Gasteiger partial charge in [-0.15, -0.1) is 0 Å². The summed E-state index contributed by atoms with van der Waals surface area (Å²) in [4.78, 5) is 12.2. The summed E-state index contributed by atoms with van der Waals surface area (Å²) >= 11 is 0. The van der Waals surface area contributed by atoms with Crippen molar-refractivity contribution < 1.29 is 4.79 Å². The largest absolute Gasteiger partial charge is 0.289 e. The van der Waals surface area contributed by atoms with Gasteiger partial charge >= 0.3 is 0 Å². The Hall–Kier alpha value is -2.15. The van der Waals surface area contributed by atoms with Gasteiger partial charge in [-0.1, -0.05) is 54.1 Å². The van der Waals surface area contributed by atoms with E-state index in [1.54, 1.807) is 0 Å². The van der Waals surface area contributed by atoms with Crippen molar-refractivity contribution in [1.82, 2.24) is 0 Å². The molecule has 0 atom stereocenters. The van der Waals surface area contributed by atoms with Crippen molar-refractivity contribution in [2.45, 2.75) is 13.3 Å². The molecule has 2 aromatic carbocycles. The Balaban J connectivity index is 1.97. The molecular weight excluding hydrogens is 220 g/mol. The van der Waals surface area contributed by atoms with Crippen molar-refractivity contribution in [3.8, 4) is 0 Å². The van der Waals surface area contributed by atoms with Gasteiger partial charge in [0, 0.05) is 17.6 Å². The van der Waals surface area contributed by atoms with Crippen LogP contribution in [0.5, 0.6) is 0 Å². The van der Waals surface area contributed by atoms with Crippen molar-refractivity contribution in [2.75, 3.05) is 0 Å². The molecule has 3 rings (SSSR count). The molecule has 0 saturated carbocycles. The molecule has 1 nitrogen and oxygen atoms in total. The van der Waals surface area contributed by atoms with Crippen LogP contribution in [0.3, 0.4) is 0 Å². The van der Waals surface area contributed by atoms with Crippen molar-refractivity contribution in [3.05, 3.63) is 76.4 Å². The fraction of sp³-hybridized carbons (Fsp3) is 0.118. The van der Waals surface area contributed by atoms with Crippen LogP contribution < -0.4 is 0 Å². The van der Waals surface area contributed by atoms with E-state index < -0.39 is 0 Å². The van der Waals surface area contributed by atoms with Crippen molar-refractivity contribution in [3.63, 3.8) is 0 Å². The number of benzene rings is 2. The highest BCUT2D eigenvalue weighted by Crippen LogP contribution is 2.27. The van der Waals surface area contributed by atoms with Gasteiger partial charge in [-0.2, -0.15) is 0 Å².